The van der Waals surface area contributed by atoms with E-state index in [0.29, 0.717) is 0 Å². The summed E-state index contributed by atoms with van der Waals surface area (Å²) in [7, 11) is 0. The van der Waals surface area contributed by atoms with Crippen LogP contribution < -0.4 is 22.1 Å². The fraction of sp³-hybridized carbons (Fsp3) is 0.286. The molecule has 0 aliphatic rings. The number of nitrogens with zero attached hydrogens (tertiary/aromatic N) is 2. The number of hydrogen-bond acceptors (Lipinski definition) is 10. The maximum Gasteiger partial charge on any atom is 0.326 e. The zero-order valence-electron chi connectivity index (χ0n) is 14.9. The summed E-state index contributed by atoms with van der Waals surface area (Å²) < 4.78 is 0. The lowest BCUT2D eigenvalue weighted by atomic mass is 10.2. The number of hydrogen-bond donors (Lipinski definition) is 8. The smallest absolute Gasteiger partial charge is 0.326 e. The van der Waals surface area contributed by atoms with Gasteiger partial charge in [-0.05, 0) is 0 Å². The van der Waals surface area contributed by atoms with E-state index < -0.39 is 83.6 Å². The lowest BCUT2D eigenvalue weighted by Gasteiger charge is -2.15. The second kappa shape index (κ2) is 9.62. The van der Waals surface area contributed by atoms with E-state index in [4.69, 9.17) is 31.9 Å². The number of carboxylic acids is 4. The summed E-state index contributed by atoms with van der Waals surface area (Å²) >= 11 is 0. The Balaban J connectivity index is 3.10. The van der Waals surface area contributed by atoms with Crippen LogP contribution in [0.2, 0.25) is 0 Å². The molecule has 1 unspecified atom stereocenters. The molecule has 0 bridgehead atoms. The topological polar surface area (TPSA) is 285 Å². The molecule has 16 heteroatoms. The molecule has 1 heterocycles. The summed E-state index contributed by atoms with van der Waals surface area (Å²) in [6.07, 6.45) is -1.91. The summed E-state index contributed by atoms with van der Waals surface area (Å²) in [6.45, 7) is 0. The number of amides is 2. The van der Waals surface area contributed by atoms with E-state index in [2.05, 4.69) is 9.97 Å². The van der Waals surface area contributed by atoms with Gasteiger partial charge in [0.15, 0.2) is 23.0 Å². The van der Waals surface area contributed by atoms with Crippen LogP contribution in [0.1, 0.15) is 33.8 Å². The molecule has 0 saturated carbocycles. The first-order valence-corrected chi connectivity index (χ1v) is 7.77. The van der Waals surface area contributed by atoms with Crippen LogP contribution in [0.25, 0.3) is 0 Å². The van der Waals surface area contributed by atoms with Crippen molar-refractivity contribution in [2.24, 2.45) is 0 Å². The van der Waals surface area contributed by atoms with Crippen LogP contribution in [-0.2, 0) is 19.2 Å². The van der Waals surface area contributed by atoms with Gasteiger partial charge in [0.05, 0.1) is 12.8 Å². The lowest BCUT2D eigenvalue weighted by Crippen LogP contribution is -2.44. The van der Waals surface area contributed by atoms with Gasteiger partial charge in [-0.2, -0.15) is 0 Å². The standard InChI is InChI=1S/C14H16N6O10/c15-9-7(11(25)17-3(13(27)28)1-5(21)22)19-10(16)8(20-9)12(26)18-4(14(29)30)2-6(23)24/h3-4H,1-2H2,(H2,16,19)(H2,15,20)(H,17,25)(H,18,26)(H,21,22)(H,23,24)(H,27,28)(H,29,30)/t3-,4?/m1/s1. The minimum absolute atomic E-state index is 0.712. The molecule has 0 aliphatic carbocycles. The number of aliphatic carboxylic acids is 4. The van der Waals surface area contributed by atoms with Gasteiger partial charge in [-0.3, -0.25) is 19.2 Å². The second-order valence-electron chi connectivity index (χ2n) is 5.62. The Labute approximate surface area is 165 Å². The van der Waals surface area contributed by atoms with Crippen molar-refractivity contribution in [2.45, 2.75) is 24.9 Å². The van der Waals surface area contributed by atoms with E-state index in [9.17, 15) is 28.8 Å². The number of nitrogen functional groups attached to an aromatic ring is 2. The number of anilines is 2. The number of aromatic nitrogens is 2. The first-order valence-electron chi connectivity index (χ1n) is 7.77. The SMILES string of the molecule is Nc1nc(C(=O)N[C@H](CC(=O)O)C(=O)O)c(N)nc1C(=O)NC(CC(=O)O)C(=O)O. The molecule has 30 heavy (non-hydrogen) atoms. The normalized spacial score (nSPS) is 12.3. The highest BCUT2D eigenvalue weighted by molar-refractivity contribution is 6.03. The quantitative estimate of drug-likeness (QED) is 0.184. The number of carboxylic acid groups (broad SMARTS) is 4. The molecule has 2 amide bonds. The van der Waals surface area contributed by atoms with Crippen LogP contribution in [0.15, 0.2) is 0 Å². The van der Waals surface area contributed by atoms with Crippen LogP contribution in [-0.4, -0.2) is 78.2 Å². The summed E-state index contributed by atoms with van der Waals surface area (Å²) in [5.41, 5.74) is 9.58. The summed E-state index contributed by atoms with van der Waals surface area (Å²) in [4.78, 5) is 74.7. The number of carbonyl (C=O) groups is 6. The molecular weight excluding hydrogens is 412 g/mol. The fourth-order valence-corrected chi connectivity index (χ4v) is 2.00. The number of nitrogens with two attached hydrogens (primary N) is 2. The Bertz CT molecular complexity index is 843. The molecule has 1 aromatic rings. The summed E-state index contributed by atoms with van der Waals surface area (Å²) in [5.74, 6) is -10.2. The van der Waals surface area contributed by atoms with Crippen molar-refractivity contribution in [3.63, 3.8) is 0 Å². The monoisotopic (exact) mass is 428 g/mol. The van der Waals surface area contributed by atoms with Crippen molar-refractivity contribution in [1.29, 1.82) is 0 Å². The maximum atomic E-state index is 12.1. The number of rotatable bonds is 10. The van der Waals surface area contributed by atoms with Crippen LogP contribution >= 0.6 is 0 Å². The first-order chi connectivity index (χ1) is 13.8. The van der Waals surface area contributed by atoms with Crippen molar-refractivity contribution in [3.8, 4) is 0 Å². The third-order valence-corrected chi connectivity index (χ3v) is 3.34. The molecule has 0 spiro atoms. The molecule has 0 aromatic carbocycles. The van der Waals surface area contributed by atoms with E-state index in [-0.39, 0.29) is 0 Å². The van der Waals surface area contributed by atoms with Gasteiger partial charge in [0.1, 0.15) is 12.1 Å². The largest absolute Gasteiger partial charge is 0.481 e. The Kier molecular flexibility index (Phi) is 7.55. The van der Waals surface area contributed by atoms with Gasteiger partial charge in [0.25, 0.3) is 11.8 Å². The van der Waals surface area contributed by atoms with Crippen molar-refractivity contribution in [2.75, 3.05) is 11.5 Å². The van der Waals surface area contributed by atoms with Crippen LogP contribution in [0.5, 0.6) is 0 Å². The third-order valence-electron chi connectivity index (χ3n) is 3.34. The highest BCUT2D eigenvalue weighted by Gasteiger charge is 2.29. The first kappa shape index (κ1) is 23.5. The Morgan fingerprint density at radius 2 is 1.00 bits per heavy atom. The summed E-state index contributed by atoms with van der Waals surface area (Å²) in [6, 6.07) is -3.65. The van der Waals surface area contributed by atoms with E-state index >= 15 is 0 Å². The lowest BCUT2D eigenvalue weighted by molar-refractivity contribution is -0.145. The fourth-order valence-electron chi connectivity index (χ4n) is 2.00. The van der Waals surface area contributed by atoms with Crippen molar-refractivity contribution in [1.82, 2.24) is 20.6 Å². The zero-order chi connectivity index (χ0) is 23.2. The molecule has 0 saturated heterocycles. The molecule has 162 valence electrons. The molecular formula is C14H16N6O10. The number of carbonyl (C=O) groups excluding carboxylic acids is 2. The van der Waals surface area contributed by atoms with Gasteiger partial charge in [-0.1, -0.05) is 0 Å². The molecule has 1 aromatic heterocycles. The van der Waals surface area contributed by atoms with Gasteiger partial charge in [0, 0.05) is 0 Å². The van der Waals surface area contributed by atoms with Gasteiger partial charge in [-0.25, -0.2) is 19.6 Å². The minimum Gasteiger partial charge on any atom is -0.481 e. The van der Waals surface area contributed by atoms with Crippen molar-refractivity contribution < 1.29 is 49.2 Å². The van der Waals surface area contributed by atoms with E-state index in [1.54, 1.807) is 0 Å². The van der Waals surface area contributed by atoms with Crippen LogP contribution in [0.4, 0.5) is 11.6 Å². The third kappa shape index (κ3) is 6.29. The van der Waals surface area contributed by atoms with Crippen LogP contribution in [0.3, 0.4) is 0 Å². The average Bonchev–Trinajstić information content (AvgIpc) is 2.60. The van der Waals surface area contributed by atoms with Gasteiger partial charge < -0.3 is 42.5 Å². The van der Waals surface area contributed by atoms with Crippen LogP contribution in [0, 0.1) is 0 Å². The zero-order valence-corrected chi connectivity index (χ0v) is 14.9. The van der Waals surface area contributed by atoms with E-state index in [1.165, 1.54) is 0 Å². The highest BCUT2D eigenvalue weighted by Crippen LogP contribution is 2.14. The number of nitrogens with one attached hydrogen (secondary N) is 2. The molecule has 16 nitrogen and oxygen atoms in total. The maximum absolute atomic E-state index is 12.1. The van der Waals surface area contributed by atoms with Crippen molar-refractivity contribution in [3.05, 3.63) is 11.4 Å². The summed E-state index contributed by atoms with van der Waals surface area (Å²) in [5, 5.41) is 38.9. The predicted octanol–water partition coefficient (Wildman–Crippen LogP) is -3.04. The Morgan fingerprint density at radius 1 is 0.700 bits per heavy atom. The second-order valence-corrected chi connectivity index (χ2v) is 5.62. The highest BCUT2D eigenvalue weighted by atomic mass is 16.4. The molecule has 0 radical (unpaired) electrons. The Hall–Kier alpha value is -4.50. The molecule has 1 rings (SSSR count). The Morgan fingerprint density at radius 3 is 1.23 bits per heavy atom. The van der Waals surface area contributed by atoms with Gasteiger partial charge in [0.2, 0.25) is 0 Å². The van der Waals surface area contributed by atoms with Gasteiger partial charge in [-0.15, -0.1) is 0 Å². The van der Waals surface area contributed by atoms with Gasteiger partial charge >= 0.3 is 23.9 Å². The molecule has 0 aliphatic heterocycles. The van der Waals surface area contributed by atoms with E-state index in [0.717, 1.165) is 0 Å². The van der Waals surface area contributed by atoms with E-state index in [1.807, 2.05) is 10.6 Å². The predicted molar refractivity (Wildman–Crippen MR) is 93.1 cm³/mol. The molecule has 2 atom stereocenters. The minimum atomic E-state index is -1.83. The molecule has 10 N–H and O–H groups in total. The average molecular weight is 428 g/mol. The molecule has 0 fully saturated rings. The van der Waals surface area contributed by atoms with Crippen molar-refractivity contribution >= 4 is 47.3 Å².